The van der Waals surface area contributed by atoms with Gasteiger partial charge in [-0.05, 0) is 47.7 Å². The smallest absolute Gasteiger partial charge is 0.228 e. The van der Waals surface area contributed by atoms with E-state index in [0.29, 0.717) is 17.9 Å². The highest BCUT2D eigenvalue weighted by atomic mass is 32.2. The molecule has 0 fully saturated rings. The van der Waals surface area contributed by atoms with Gasteiger partial charge in [0.05, 0.1) is 12.1 Å². The van der Waals surface area contributed by atoms with Gasteiger partial charge < -0.3 is 10.1 Å². The molecule has 0 saturated heterocycles. The highest BCUT2D eigenvalue weighted by Gasteiger charge is 2.09. The molecule has 1 amide bonds. The van der Waals surface area contributed by atoms with Gasteiger partial charge in [0.25, 0.3) is 0 Å². The van der Waals surface area contributed by atoms with Crippen molar-refractivity contribution in [3.05, 3.63) is 84.4 Å². The number of thioether (sulfide) groups is 1. The number of anilines is 1. The summed E-state index contributed by atoms with van der Waals surface area (Å²) in [6.07, 6.45) is 0.330. The zero-order chi connectivity index (χ0) is 18.2. The lowest BCUT2D eigenvalue weighted by molar-refractivity contribution is -0.115. The Balaban J connectivity index is 1.65. The Morgan fingerprint density at radius 3 is 2.35 bits per heavy atom. The molecule has 0 aromatic heterocycles. The van der Waals surface area contributed by atoms with E-state index in [1.807, 2.05) is 66.7 Å². The quantitative estimate of drug-likeness (QED) is 0.541. The Morgan fingerprint density at radius 1 is 0.923 bits per heavy atom. The van der Waals surface area contributed by atoms with E-state index in [0.717, 1.165) is 17.1 Å². The minimum atomic E-state index is -0.0648. The number of nitrogens with one attached hydrogen (secondary N) is 1. The summed E-state index contributed by atoms with van der Waals surface area (Å²) >= 11 is 1.79. The molecule has 4 heteroatoms. The van der Waals surface area contributed by atoms with Gasteiger partial charge in [-0.25, -0.2) is 0 Å². The zero-order valence-electron chi connectivity index (χ0n) is 14.6. The number of amides is 1. The van der Waals surface area contributed by atoms with Crippen molar-refractivity contribution in [1.82, 2.24) is 0 Å². The summed E-state index contributed by atoms with van der Waals surface area (Å²) < 4.78 is 5.89. The summed E-state index contributed by atoms with van der Waals surface area (Å²) in [6.45, 7) is 2.13. The number of para-hydroxylation sites is 3. The molecule has 0 atom stereocenters. The SMILES string of the molecule is CCSc1ccc(CC(=O)Nc2ccccc2Oc2ccccc2)cc1. The normalized spacial score (nSPS) is 10.3. The third-order valence-electron chi connectivity index (χ3n) is 3.73. The lowest BCUT2D eigenvalue weighted by atomic mass is 10.1. The van der Waals surface area contributed by atoms with Crippen molar-refractivity contribution in [2.75, 3.05) is 11.1 Å². The number of carbonyl (C=O) groups is 1. The Morgan fingerprint density at radius 2 is 1.62 bits per heavy atom. The summed E-state index contributed by atoms with van der Waals surface area (Å²) in [5, 5.41) is 2.95. The molecule has 0 heterocycles. The molecule has 0 aliphatic heterocycles. The van der Waals surface area contributed by atoms with E-state index in [-0.39, 0.29) is 5.91 Å². The highest BCUT2D eigenvalue weighted by molar-refractivity contribution is 7.99. The minimum Gasteiger partial charge on any atom is -0.455 e. The fourth-order valence-electron chi connectivity index (χ4n) is 2.52. The molecule has 26 heavy (non-hydrogen) atoms. The van der Waals surface area contributed by atoms with Crippen molar-refractivity contribution in [2.24, 2.45) is 0 Å². The van der Waals surface area contributed by atoms with Gasteiger partial charge in [-0.2, -0.15) is 0 Å². The van der Waals surface area contributed by atoms with Crippen LogP contribution >= 0.6 is 11.8 Å². The lowest BCUT2D eigenvalue weighted by Gasteiger charge is -2.12. The summed E-state index contributed by atoms with van der Waals surface area (Å²) in [5.41, 5.74) is 1.66. The van der Waals surface area contributed by atoms with Crippen LogP contribution in [0.25, 0.3) is 0 Å². The predicted octanol–water partition coefficient (Wildman–Crippen LogP) is 5.77. The van der Waals surface area contributed by atoms with E-state index < -0.39 is 0 Å². The van der Waals surface area contributed by atoms with Gasteiger partial charge in [-0.15, -0.1) is 11.8 Å². The van der Waals surface area contributed by atoms with E-state index in [2.05, 4.69) is 24.4 Å². The zero-order valence-corrected chi connectivity index (χ0v) is 15.5. The van der Waals surface area contributed by atoms with Gasteiger partial charge in [0.2, 0.25) is 5.91 Å². The van der Waals surface area contributed by atoms with Gasteiger partial charge in [-0.1, -0.05) is 49.4 Å². The number of hydrogen-bond acceptors (Lipinski definition) is 3. The monoisotopic (exact) mass is 363 g/mol. The lowest BCUT2D eigenvalue weighted by Crippen LogP contribution is -2.14. The molecule has 0 unspecified atom stereocenters. The topological polar surface area (TPSA) is 38.3 Å². The molecule has 3 aromatic carbocycles. The minimum absolute atomic E-state index is 0.0648. The van der Waals surface area contributed by atoms with Crippen LogP contribution < -0.4 is 10.1 Å². The first kappa shape index (κ1) is 18.1. The average Bonchev–Trinajstić information content (AvgIpc) is 2.66. The number of ether oxygens (including phenoxy) is 1. The first-order chi connectivity index (χ1) is 12.7. The third-order valence-corrected chi connectivity index (χ3v) is 4.63. The van der Waals surface area contributed by atoms with Crippen LogP contribution in [0, 0.1) is 0 Å². The highest BCUT2D eigenvalue weighted by Crippen LogP contribution is 2.29. The van der Waals surface area contributed by atoms with Gasteiger partial charge in [-0.3, -0.25) is 4.79 Å². The maximum absolute atomic E-state index is 12.4. The third kappa shape index (κ3) is 5.14. The van der Waals surface area contributed by atoms with Crippen molar-refractivity contribution in [3.8, 4) is 11.5 Å². The Bertz CT molecular complexity index is 848. The van der Waals surface area contributed by atoms with E-state index in [1.165, 1.54) is 4.90 Å². The van der Waals surface area contributed by atoms with E-state index in [4.69, 9.17) is 4.74 Å². The molecular formula is C22H21NO2S. The van der Waals surface area contributed by atoms with E-state index >= 15 is 0 Å². The van der Waals surface area contributed by atoms with Gasteiger partial charge in [0.15, 0.2) is 5.75 Å². The number of rotatable bonds is 7. The second kappa shape index (κ2) is 9.11. The summed E-state index contributed by atoms with van der Waals surface area (Å²) in [4.78, 5) is 13.6. The van der Waals surface area contributed by atoms with Gasteiger partial charge >= 0.3 is 0 Å². The summed E-state index contributed by atoms with van der Waals surface area (Å²) in [6, 6.07) is 25.1. The van der Waals surface area contributed by atoms with Crippen molar-refractivity contribution in [3.63, 3.8) is 0 Å². The summed E-state index contributed by atoms with van der Waals surface area (Å²) in [5.74, 6) is 2.34. The van der Waals surface area contributed by atoms with Crippen LogP contribution in [0.15, 0.2) is 83.8 Å². The standard InChI is InChI=1S/C22H21NO2S/c1-2-26-19-14-12-17(13-15-19)16-22(24)23-20-10-6-7-11-21(20)25-18-8-4-3-5-9-18/h3-15H,2,16H2,1H3,(H,23,24). The summed E-state index contributed by atoms with van der Waals surface area (Å²) in [7, 11) is 0. The number of hydrogen-bond donors (Lipinski definition) is 1. The van der Waals surface area contributed by atoms with Crippen molar-refractivity contribution >= 4 is 23.4 Å². The largest absolute Gasteiger partial charge is 0.455 e. The van der Waals surface area contributed by atoms with Crippen LogP contribution in [0.4, 0.5) is 5.69 Å². The fraction of sp³-hybridized carbons (Fsp3) is 0.136. The van der Waals surface area contributed by atoms with Crippen LogP contribution in [-0.4, -0.2) is 11.7 Å². The van der Waals surface area contributed by atoms with Crippen molar-refractivity contribution < 1.29 is 9.53 Å². The number of carbonyl (C=O) groups excluding carboxylic acids is 1. The van der Waals surface area contributed by atoms with Gasteiger partial charge in [0.1, 0.15) is 5.75 Å². The molecule has 0 bridgehead atoms. The molecule has 3 aromatic rings. The van der Waals surface area contributed by atoms with Gasteiger partial charge in [0, 0.05) is 4.90 Å². The van der Waals surface area contributed by atoms with E-state index in [9.17, 15) is 4.79 Å². The second-order valence-corrected chi connectivity index (χ2v) is 7.05. The van der Waals surface area contributed by atoms with Crippen LogP contribution in [0.1, 0.15) is 12.5 Å². The molecule has 0 radical (unpaired) electrons. The molecular weight excluding hydrogens is 342 g/mol. The Labute approximate surface area is 158 Å². The molecule has 0 spiro atoms. The van der Waals surface area contributed by atoms with Crippen molar-refractivity contribution in [2.45, 2.75) is 18.2 Å². The number of benzene rings is 3. The Kier molecular flexibility index (Phi) is 6.34. The molecule has 1 N–H and O–H groups in total. The maximum atomic E-state index is 12.4. The average molecular weight is 363 g/mol. The van der Waals surface area contributed by atoms with Crippen LogP contribution in [0.2, 0.25) is 0 Å². The first-order valence-corrected chi connectivity index (χ1v) is 9.56. The molecule has 132 valence electrons. The second-order valence-electron chi connectivity index (χ2n) is 5.71. The van der Waals surface area contributed by atoms with Crippen LogP contribution in [0.5, 0.6) is 11.5 Å². The molecule has 3 nitrogen and oxygen atoms in total. The maximum Gasteiger partial charge on any atom is 0.228 e. The van der Waals surface area contributed by atoms with E-state index in [1.54, 1.807) is 11.8 Å². The molecule has 0 aliphatic carbocycles. The molecule has 3 rings (SSSR count). The first-order valence-electron chi connectivity index (χ1n) is 8.58. The van der Waals surface area contributed by atoms with Crippen molar-refractivity contribution in [1.29, 1.82) is 0 Å². The molecule has 0 aliphatic rings. The fourth-order valence-corrected chi connectivity index (χ4v) is 3.19. The Hall–Kier alpha value is -2.72. The van der Waals surface area contributed by atoms with Crippen LogP contribution in [-0.2, 0) is 11.2 Å². The predicted molar refractivity (Wildman–Crippen MR) is 108 cm³/mol. The van der Waals surface area contributed by atoms with Crippen LogP contribution in [0.3, 0.4) is 0 Å². The molecule has 0 saturated carbocycles.